The van der Waals surface area contributed by atoms with Gasteiger partial charge in [0.15, 0.2) is 5.13 Å². The van der Waals surface area contributed by atoms with Crippen molar-refractivity contribution >= 4 is 46.1 Å². The molecule has 3 heterocycles. The molecule has 3 rings (SSSR count). The fourth-order valence-electron chi connectivity index (χ4n) is 2.17. The number of carbonyl (C=O) groups is 1. The first kappa shape index (κ1) is 17.4. The predicted molar refractivity (Wildman–Crippen MR) is 93.4 cm³/mol. The number of halogens is 1. The number of anilines is 1. The Balaban J connectivity index is 0.00000176. The molecule has 0 aliphatic carbocycles. The van der Waals surface area contributed by atoms with Crippen LogP contribution in [-0.2, 0) is 9.53 Å². The molecule has 1 atom stereocenters. The van der Waals surface area contributed by atoms with Crippen molar-refractivity contribution in [1.29, 1.82) is 0 Å². The molecule has 120 valence electrons. The van der Waals surface area contributed by atoms with Crippen molar-refractivity contribution in [2.24, 2.45) is 0 Å². The molecule has 1 fully saturated rings. The number of carbonyl (C=O) groups excluding carboxylic acids is 1. The number of thiazole rings is 1. The van der Waals surface area contributed by atoms with Crippen molar-refractivity contribution in [2.75, 3.05) is 25.1 Å². The second-order valence-corrected chi connectivity index (χ2v) is 7.40. The summed E-state index contributed by atoms with van der Waals surface area (Å²) in [6.45, 7) is 5.87. The molecule has 1 aliphatic heterocycles. The minimum atomic E-state index is -0.296. The van der Waals surface area contributed by atoms with Gasteiger partial charge >= 0.3 is 0 Å². The van der Waals surface area contributed by atoms with Gasteiger partial charge in [-0.25, -0.2) is 4.98 Å². The molecule has 1 saturated heterocycles. The van der Waals surface area contributed by atoms with Gasteiger partial charge in [0, 0.05) is 16.3 Å². The number of nitrogens with one attached hydrogen (secondary N) is 2. The Morgan fingerprint density at radius 2 is 2.23 bits per heavy atom. The summed E-state index contributed by atoms with van der Waals surface area (Å²) >= 11 is 3.22. The maximum atomic E-state index is 12.1. The van der Waals surface area contributed by atoms with Crippen LogP contribution >= 0.6 is 35.1 Å². The maximum Gasteiger partial charge on any atom is 0.245 e. The van der Waals surface area contributed by atoms with E-state index in [0.29, 0.717) is 24.9 Å². The Labute approximate surface area is 143 Å². The lowest BCUT2D eigenvalue weighted by Gasteiger charge is -2.22. The van der Waals surface area contributed by atoms with E-state index in [1.54, 1.807) is 11.3 Å². The van der Waals surface area contributed by atoms with Crippen LogP contribution in [0.25, 0.3) is 10.6 Å². The molecule has 0 bridgehead atoms. The summed E-state index contributed by atoms with van der Waals surface area (Å²) in [5, 5.41) is 6.66. The van der Waals surface area contributed by atoms with E-state index < -0.39 is 0 Å². The predicted octanol–water partition coefficient (Wildman–Crippen LogP) is 2.84. The van der Waals surface area contributed by atoms with Crippen molar-refractivity contribution in [3.05, 3.63) is 21.9 Å². The molecule has 1 amide bonds. The van der Waals surface area contributed by atoms with Crippen LogP contribution in [0.3, 0.4) is 0 Å². The molecule has 0 saturated carbocycles. The van der Waals surface area contributed by atoms with Gasteiger partial charge in [0.1, 0.15) is 6.04 Å². The fraction of sp³-hybridized carbons (Fsp3) is 0.429. The summed E-state index contributed by atoms with van der Waals surface area (Å²) in [5.74, 6) is -0.0858. The number of amides is 1. The van der Waals surface area contributed by atoms with Crippen molar-refractivity contribution in [2.45, 2.75) is 19.9 Å². The average Bonchev–Trinajstić information content (AvgIpc) is 3.06. The van der Waals surface area contributed by atoms with E-state index in [4.69, 9.17) is 4.74 Å². The first-order chi connectivity index (χ1) is 10.1. The van der Waals surface area contributed by atoms with Gasteiger partial charge in [-0.1, -0.05) is 0 Å². The van der Waals surface area contributed by atoms with E-state index in [0.717, 1.165) is 15.4 Å². The number of aromatic nitrogens is 1. The zero-order chi connectivity index (χ0) is 14.8. The van der Waals surface area contributed by atoms with Crippen LogP contribution in [0.5, 0.6) is 0 Å². The molecule has 5 nitrogen and oxygen atoms in total. The summed E-state index contributed by atoms with van der Waals surface area (Å²) in [7, 11) is 0. The van der Waals surface area contributed by atoms with Crippen molar-refractivity contribution in [3.63, 3.8) is 0 Å². The van der Waals surface area contributed by atoms with E-state index >= 15 is 0 Å². The third kappa shape index (κ3) is 3.85. The van der Waals surface area contributed by atoms with Gasteiger partial charge < -0.3 is 15.4 Å². The molecule has 22 heavy (non-hydrogen) atoms. The van der Waals surface area contributed by atoms with Gasteiger partial charge in [0.2, 0.25) is 5.91 Å². The van der Waals surface area contributed by atoms with Gasteiger partial charge in [-0.2, -0.15) is 0 Å². The summed E-state index contributed by atoms with van der Waals surface area (Å²) in [6, 6.07) is 3.86. The van der Waals surface area contributed by atoms with Crippen LogP contribution in [0, 0.1) is 13.8 Å². The normalized spacial score (nSPS) is 17.8. The second-order valence-electron chi connectivity index (χ2n) is 4.90. The monoisotopic (exact) mass is 359 g/mol. The Hall–Kier alpha value is -0.990. The van der Waals surface area contributed by atoms with Crippen molar-refractivity contribution in [1.82, 2.24) is 10.3 Å². The van der Waals surface area contributed by atoms with Crippen LogP contribution in [0.2, 0.25) is 0 Å². The lowest BCUT2D eigenvalue weighted by Crippen LogP contribution is -2.48. The van der Waals surface area contributed by atoms with E-state index in [9.17, 15) is 4.79 Å². The lowest BCUT2D eigenvalue weighted by atomic mass is 10.2. The number of ether oxygens (including phenoxy) is 1. The fourth-order valence-corrected chi connectivity index (χ4v) is 3.98. The van der Waals surface area contributed by atoms with Crippen molar-refractivity contribution in [3.8, 4) is 10.6 Å². The van der Waals surface area contributed by atoms with Gasteiger partial charge in [-0.3, -0.25) is 4.79 Å². The molecule has 1 unspecified atom stereocenters. The van der Waals surface area contributed by atoms with Crippen LogP contribution < -0.4 is 10.6 Å². The quantitative estimate of drug-likeness (QED) is 0.884. The standard InChI is InChI=1S/C14H17N3O2S2.ClH/c1-8-3-4-11(20-8)12-9(2)21-14(16-12)17-13(18)10-7-19-6-5-15-10;/h3-4,10,15H,5-7H2,1-2H3,(H,16,17,18);1H. The second kappa shape index (κ2) is 7.52. The molecular weight excluding hydrogens is 342 g/mol. The molecule has 0 radical (unpaired) electrons. The van der Waals surface area contributed by atoms with E-state index in [2.05, 4.69) is 34.7 Å². The molecule has 2 N–H and O–H groups in total. The third-order valence-electron chi connectivity index (χ3n) is 3.24. The lowest BCUT2D eigenvalue weighted by molar-refractivity contribution is -0.120. The van der Waals surface area contributed by atoms with Gasteiger partial charge in [0.05, 0.1) is 23.8 Å². The van der Waals surface area contributed by atoms with Crippen LogP contribution in [0.4, 0.5) is 5.13 Å². The number of hydrogen-bond donors (Lipinski definition) is 2. The number of hydrogen-bond acceptors (Lipinski definition) is 6. The molecule has 0 aromatic carbocycles. The number of rotatable bonds is 3. The largest absolute Gasteiger partial charge is 0.378 e. The van der Waals surface area contributed by atoms with E-state index in [1.165, 1.54) is 16.2 Å². The molecule has 0 spiro atoms. The van der Waals surface area contributed by atoms with Gasteiger partial charge in [0.25, 0.3) is 0 Å². The molecule has 2 aromatic heterocycles. The Bertz CT molecular complexity index is 650. The summed E-state index contributed by atoms with van der Waals surface area (Å²) < 4.78 is 5.30. The third-order valence-corrected chi connectivity index (χ3v) is 5.13. The van der Waals surface area contributed by atoms with Crippen LogP contribution in [0.1, 0.15) is 9.75 Å². The molecule has 2 aromatic rings. The smallest absolute Gasteiger partial charge is 0.245 e. The number of morpholine rings is 1. The van der Waals surface area contributed by atoms with Gasteiger partial charge in [-0.05, 0) is 26.0 Å². The minimum Gasteiger partial charge on any atom is -0.378 e. The van der Waals surface area contributed by atoms with Crippen LogP contribution in [0.15, 0.2) is 12.1 Å². The number of nitrogens with zero attached hydrogens (tertiary/aromatic N) is 1. The highest BCUT2D eigenvalue weighted by atomic mass is 35.5. The Morgan fingerprint density at radius 1 is 1.41 bits per heavy atom. The molecule has 1 aliphatic rings. The number of aryl methyl sites for hydroxylation is 2. The topological polar surface area (TPSA) is 63.2 Å². The minimum absolute atomic E-state index is 0. The summed E-state index contributed by atoms with van der Waals surface area (Å²) in [6.07, 6.45) is 0. The first-order valence-corrected chi connectivity index (χ1v) is 8.43. The Morgan fingerprint density at radius 3 is 2.86 bits per heavy atom. The Kier molecular flexibility index (Phi) is 5.94. The highest BCUT2D eigenvalue weighted by molar-refractivity contribution is 7.18. The molecule has 8 heteroatoms. The highest BCUT2D eigenvalue weighted by Crippen LogP contribution is 2.34. The zero-order valence-corrected chi connectivity index (χ0v) is 14.8. The van der Waals surface area contributed by atoms with Crippen LogP contribution in [-0.4, -0.2) is 36.7 Å². The average molecular weight is 360 g/mol. The van der Waals surface area contributed by atoms with Crippen molar-refractivity contribution < 1.29 is 9.53 Å². The molecular formula is C14H18ClN3O2S2. The summed E-state index contributed by atoms with van der Waals surface area (Å²) in [5.41, 5.74) is 0.959. The van der Waals surface area contributed by atoms with E-state index in [-0.39, 0.29) is 24.4 Å². The van der Waals surface area contributed by atoms with E-state index in [1.807, 2.05) is 6.92 Å². The summed E-state index contributed by atoms with van der Waals surface area (Å²) in [4.78, 5) is 20.2. The first-order valence-electron chi connectivity index (χ1n) is 6.80. The SMILES string of the molecule is Cc1ccc(-c2nc(NC(=O)C3COCCN3)sc2C)s1.Cl. The zero-order valence-electron chi connectivity index (χ0n) is 12.3. The number of thiophene rings is 1. The highest BCUT2D eigenvalue weighted by Gasteiger charge is 2.22. The maximum absolute atomic E-state index is 12.1. The van der Waals surface area contributed by atoms with Gasteiger partial charge in [-0.15, -0.1) is 35.1 Å².